The second-order valence-corrected chi connectivity index (χ2v) is 5.09. The number of pyridine rings is 1. The van der Waals surface area contributed by atoms with E-state index in [1.165, 1.54) is 12.4 Å². The van der Waals surface area contributed by atoms with Crippen molar-refractivity contribution in [1.29, 1.82) is 0 Å². The fraction of sp³-hybridized carbons (Fsp3) is 0.125. The van der Waals surface area contributed by atoms with E-state index < -0.39 is 17.7 Å². The molecule has 23 heavy (non-hydrogen) atoms. The number of amides is 3. The number of nitrogens with zero attached hydrogens (tertiary/aromatic N) is 2. The fourth-order valence-electron chi connectivity index (χ4n) is 2.34. The highest BCUT2D eigenvalue weighted by Gasteiger charge is 2.36. The number of carbonyl (C=O) groups excluding carboxylic acids is 3. The number of nitrogens with one attached hydrogen (secondary N) is 1. The number of benzene rings is 1. The van der Waals surface area contributed by atoms with Gasteiger partial charge in [-0.2, -0.15) is 4.73 Å². The quantitative estimate of drug-likeness (QED) is 0.497. The minimum absolute atomic E-state index is 0.211. The first-order chi connectivity index (χ1) is 11.1. The number of rotatable bonds is 4. The Bertz CT molecular complexity index is 751. The molecule has 0 aliphatic carbocycles. The molecule has 2 aromatic rings. The second-order valence-electron chi connectivity index (χ2n) is 5.09. The van der Waals surface area contributed by atoms with E-state index >= 15 is 0 Å². The van der Waals surface area contributed by atoms with Crippen LogP contribution in [-0.2, 0) is 11.3 Å². The normalized spacial score (nSPS) is 13.1. The average Bonchev–Trinajstić information content (AvgIpc) is 2.80. The van der Waals surface area contributed by atoms with Crippen LogP contribution in [0.15, 0.2) is 48.8 Å². The van der Waals surface area contributed by atoms with Gasteiger partial charge in [-0.3, -0.25) is 19.3 Å². The lowest BCUT2D eigenvalue weighted by Crippen LogP contribution is -2.40. The van der Waals surface area contributed by atoms with Gasteiger partial charge in [0.15, 0.2) is 12.4 Å². The van der Waals surface area contributed by atoms with Crippen LogP contribution in [-0.4, -0.2) is 29.2 Å². The van der Waals surface area contributed by atoms with Gasteiger partial charge in [-0.25, -0.2) is 0 Å². The smallest absolute Gasteiger partial charge is 0.262 e. The number of aromatic nitrogens is 1. The number of hydrogen-bond donors (Lipinski definition) is 1. The number of fused-ring (bicyclic) bond motifs is 1. The van der Waals surface area contributed by atoms with Crippen LogP contribution >= 0.6 is 0 Å². The molecule has 0 fully saturated rings. The van der Waals surface area contributed by atoms with E-state index in [9.17, 15) is 19.6 Å². The fourth-order valence-corrected chi connectivity index (χ4v) is 2.34. The van der Waals surface area contributed by atoms with Gasteiger partial charge in [-0.15, -0.1) is 0 Å². The number of carbonyl (C=O) groups is 3. The molecule has 2 heterocycles. The molecule has 0 unspecified atom stereocenters. The molecule has 7 heteroatoms. The van der Waals surface area contributed by atoms with E-state index in [0.717, 1.165) is 10.5 Å². The summed E-state index contributed by atoms with van der Waals surface area (Å²) in [6, 6.07) is 9.63. The van der Waals surface area contributed by atoms with E-state index in [1.807, 2.05) is 0 Å². The zero-order valence-corrected chi connectivity index (χ0v) is 12.1. The molecule has 0 saturated heterocycles. The van der Waals surface area contributed by atoms with Crippen LogP contribution in [0.2, 0.25) is 0 Å². The summed E-state index contributed by atoms with van der Waals surface area (Å²) >= 11 is 0. The summed E-state index contributed by atoms with van der Waals surface area (Å²) in [7, 11) is 0. The highest BCUT2D eigenvalue weighted by Crippen LogP contribution is 2.21. The van der Waals surface area contributed by atoms with Gasteiger partial charge in [-0.05, 0) is 17.7 Å². The predicted molar refractivity (Wildman–Crippen MR) is 79.1 cm³/mol. The molecule has 1 aromatic carbocycles. The molecule has 1 N–H and O–H groups in total. The van der Waals surface area contributed by atoms with Gasteiger partial charge in [0.05, 0.1) is 11.1 Å². The molecule has 1 aromatic heterocycles. The maximum absolute atomic E-state index is 12.1. The summed E-state index contributed by atoms with van der Waals surface area (Å²) < 4.78 is 0.643. The zero-order chi connectivity index (χ0) is 16.4. The third-order valence-electron chi connectivity index (χ3n) is 3.54. The molecule has 0 atom stereocenters. The lowest BCUT2D eigenvalue weighted by Gasteiger charge is -2.13. The largest absolute Gasteiger partial charge is 0.619 e. The van der Waals surface area contributed by atoms with Crippen LogP contribution < -0.4 is 10.0 Å². The molecular formula is C16H13N3O4. The minimum atomic E-state index is -0.465. The standard InChI is InChI=1S/C16H13N3O4/c20-14(17-9-11-5-7-18(23)8-6-11)10-19-15(21)12-3-1-2-4-13(12)16(19)22/h1-8H,9-10H2,(H,17,20). The lowest BCUT2D eigenvalue weighted by molar-refractivity contribution is -0.605. The molecule has 0 saturated carbocycles. The van der Waals surface area contributed by atoms with Crippen LogP contribution in [0.5, 0.6) is 0 Å². The van der Waals surface area contributed by atoms with Crippen molar-refractivity contribution in [3.63, 3.8) is 0 Å². The van der Waals surface area contributed by atoms with Crippen molar-refractivity contribution in [3.05, 3.63) is 70.7 Å². The average molecular weight is 311 g/mol. The van der Waals surface area contributed by atoms with Crippen LogP contribution in [0, 0.1) is 5.21 Å². The first-order valence-corrected chi connectivity index (χ1v) is 6.96. The molecule has 0 radical (unpaired) electrons. The van der Waals surface area contributed by atoms with Crippen molar-refractivity contribution in [1.82, 2.24) is 10.2 Å². The Kier molecular flexibility index (Phi) is 3.76. The van der Waals surface area contributed by atoms with E-state index in [2.05, 4.69) is 5.32 Å². The molecule has 3 rings (SSSR count). The Morgan fingerprint density at radius 1 is 1.04 bits per heavy atom. The van der Waals surface area contributed by atoms with Crippen LogP contribution in [0.1, 0.15) is 26.3 Å². The van der Waals surface area contributed by atoms with Crippen molar-refractivity contribution in [3.8, 4) is 0 Å². The summed E-state index contributed by atoms with van der Waals surface area (Å²) in [5.74, 6) is -1.38. The van der Waals surface area contributed by atoms with Gasteiger partial charge in [0, 0.05) is 18.7 Å². The summed E-state index contributed by atoms with van der Waals surface area (Å²) in [5.41, 5.74) is 1.37. The minimum Gasteiger partial charge on any atom is -0.619 e. The molecular weight excluding hydrogens is 298 g/mol. The summed E-state index contributed by atoms with van der Waals surface area (Å²) in [6.45, 7) is -0.121. The van der Waals surface area contributed by atoms with Crippen molar-refractivity contribution < 1.29 is 19.1 Å². The van der Waals surface area contributed by atoms with E-state index in [4.69, 9.17) is 0 Å². The Hall–Kier alpha value is -3.22. The van der Waals surface area contributed by atoms with Gasteiger partial charge in [-0.1, -0.05) is 12.1 Å². The lowest BCUT2D eigenvalue weighted by atomic mass is 10.1. The van der Waals surface area contributed by atoms with Gasteiger partial charge >= 0.3 is 0 Å². The molecule has 3 amide bonds. The second kappa shape index (κ2) is 5.88. The van der Waals surface area contributed by atoms with Crippen molar-refractivity contribution in [2.75, 3.05) is 6.54 Å². The van der Waals surface area contributed by atoms with Gasteiger partial charge in [0.25, 0.3) is 11.8 Å². The van der Waals surface area contributed by atoms with Crippen LogP contribution in [0.3, 0.4) is 0 Å². The summed E-state index contributed by atoms with van der Waals surface area (Å²) in [4.78, 5) is 37.2. The van der Waals surface area contributed by atoms with Crippen molar-refractivity contribution in [2.45, 2.75) is 6.54 Å². The zero-order valence-electron chi connectivity index (χ0n) is 12.1. The third kappa shape index (κ3) is 2.89. The van der Waals surface area contributed by atoms with Gasteiger partial charge in [0.2, 0.25) is 5.91 Å². The SMILES string of the molecule is O=C(CN1C(=O)c2ccccc2C1=O)NCc1cc[n+]([O-])cc1. The molecule has 116 valence electrons. The first kappa shape index (κ1) is 14.7. The van der Waals surface area contributed by atoms with Crippen LogP contribution in [0.25, 0.3) is 0 Å². The highest BCUT2D eigenvalue weighted by molar-refractivity contribution is 6.22. The van der Waals surface area contributed by atoms with Gasteiger partial charge < -0.3 is 10.5 Å². The highest BCUT2D eigenvalue weighted by atomic mass is 16.5. The van der Waals surface area contributed by atoms with Crippen molar-refractivity contribution in [2.24, 2.45) is 0 Å². The maximum Gasteiger partial charge on any atom is 0.262 e. The maximum atomic E-state index is 12.1. The predicted octanol–water partition coefficient (Wildman–Crippen LogP) is 0.232. The molecule has 1 aliphatic rings. The van der Waals surface area contributed by atoms with Gasteiger partial charge in [0.1, 0.15) is 6.54 Å². The number of hydrogen-bond acceptors (Lipinski definition) is 4. The number of imide groups is 1. The summed E-state index contributed by atoms with van der Waals surface area (Å²) in [6.07, 6.45) is 2.65. The van der Waals surface area contributed by atoms with Crippen LogP contribution in [0.4, 0.5) is 0 Å². The third-order valence-corrected chi connectivity index (χ3v) is 3.54. The van der Waals surface area contributed by atoms with E-state index in [-0.39, 0.29) is 13.1 Å². The summed E-state index contributed by atoms with van der Waals surface area (Å²) in [5, 5.41) is 13.5. The Labute approximate surface area is 131 Å². The van der Waals surface area contributed by atoms with E-state index in [1.54, 1.807) is 36.4 Å². The van der Waals surface area contributed by atoms with Crippen molar-refractivity contribution >= 4 is 17.7 Å². The molecule has 0 spiro atoms. The Morgan fingerprint density at radius 3 is 2.17 bits per heavy atom. The molecule has 7 nitrogen and oxygen atoms in total. The Morgan fingerprint density at radius 2 is 1.61 bits per heavy atom. The van der Waals surface area contributed by atoms with E-state index in [0.29, 0.717) is 15.9 Å². The first-order valence-electron chi connectivity index (χ1n) is 6.96. The topological polar surface area (TPSA) is 93.4 Å². The monoisotopic (exact) mass is 311 g/mol. The Balaban J connectivity index is 1.62. The molecule has 0 bridgehead atoms. The molecule has 1 aliphatic heterocycles.